The monoisotopic (exact) mass is 195 g/mol. The van der Waals surface area contributed by atoms with E-state index in [-0.39, 0.29) is 0 Å². The maximum absolute atomic E-state index is 10.8. The number of hydrogen-bond acceptors (Lipinski definition) is 2. The lowest BCUT2D eigenvalue weighted by molar-refractivity contribution is 0.0447. The molecule has 1 unspecified atom stereocenters. The lowest BCUT2D eigenvalue weighted by atomic mass is 10.0. The van der Waals surface area contributed by atoms with Crippen LogP contribution in [0.3, 0.4) is 0 Å². The molecule has 0 aromatic rings. The molecule has 0 N–H and O–H groups in total. The maximum Gasteiger partial charge on any atom is 0.313 e. The molecular formula is C11H19N2O. The van der Waals surface area contributed by atoms with Crippen LogP contribution < -0.4 is 0 Å². The van der Waals surface area contributed by atoms with Crippen molar-refractivity contribution in [3.05, 3.63) is 0 Å². The molecule has 0 saturated carbocycles. The highest BCUT2D eigenvalue weighted by atomic mass is 16.1. The zero-order valence-corrected chi connectivity index (χ0v) is 8.74. The van der Waals surface area contributed by atoms with Crippen molar-refractivity contribution >= 4 is 6.41 Å². The number of piperidine rings is 2. The van der Waals surface area contributed by atoms with Gasteiger partial charge in [-0.2, -0.15) is 0 Å². The quantitative estimate of drug-likeness (QED) is 0.664. The fourth-order valence-electron chi connectivity index (χ4n) is 2.62. The van der Waals surface area contributed by atoms with Gasteiger partial charge in [0.05, 0.1) is 6.17 Å². The molecule has 2 aliphatic heterocycles. The SMILES string of the molecule is O=[C]N1CCCCC1N1CCCCC1. The predicted molar refractivity (Wildman–Crippen MR) is 55.5 cm³/mol. The molecule has 1 amide bonds. The lowest BCUT2D eigenvalue weighted by Crippen LogP contribution is -2.51. The molecule has 2 aliphatic rings. The number of likely N-dealkylation sites (tertiary alicyclic amines) is 2. The largest absolute Gasteiger partial charge is 0.319 e. The summed E-state index contributed by atoms with van der Waals surface area (Å²) in [5.74, 6) is 0. The third-order valence-electron chi connectivity index (χ3n) is 3.40. The van der Waals surface area contributed by atoms with Crippen molar-refractivity contribution in [1.82, 2.24) is 9.80 Å². The summed E-state index contributed by atoms with van der Waals surface area (Å²) in [6.07, 6.45) is 9.96. The lowest BCUT2D eigenvalue weighted by Gasteiger charge is -2.41. The summed E-state index contributed by atoms with van der Waals surface area (Å²) in [4.78, 5) is 15.1. The van der Waals surface area contributed by atoms with Gasteiger partial charge in [-0.3, -0.25) is 9.69 Å². The minimum atomic E-state index is 0.363. The molecule has 1 radical (unpaired) electrons. The summed E-state index contributed by atoms with van der Waals surface area (Å²) in [6, 6.07) is 0. The van der Waals surface area contributed by atoms with Crippen LogP contribution in [0.4, 0.5) is 0 Å². The molecular weight excluding hydrogens is 176 g/mol. The Morgan fingerprint density at radius 2 is 1.64 bits per heavy atom. The van der Waals surface area contributed by atoms with Crippen LogP contribution in [0.5, 0.6) is 0 Å². The van der Waals surface area contributed by atoms with Gasteiger partial charge in [-0.25, -0.2) is 0 Å². The molecule has 0 aliphatic carbocycles. The van der Waals surface area contributed by atoms with Crippen molar-refractivity contribution in [3.63, 3.8) is 0 Å². The van der Waals surface area contributed by atoms with Crippen LogP contribution in [0.15, 0.2) is 0 Å². The summed E-state index contributed by atoms with van der Waals surface area (Å²) in [5, 5.41) is 0. The Morgan fingerprint density at radius 1 is 0.929 bits per heavy atom. The Bertz CT molecular complexity index is 190. The molecule has 2 heterocycles. The van der Waals surface area contributed by atoms with Crippen molar-refractivity contribution < 1.29 is 4.79 Å². The van der Waals surface area contributed by atoms with Crippen LogP contribution in [-0.4, -0.2) is 42.0 Å². The summed E-state index contributed by atoms with van der Waals surface area (Å²) in [5.41, 5.74) is 0. The number of carbonyl (C=O) groups excluding carboxylic acids is 1. The molecule has 0 spiro atoms. The first kappa shape index (κ1) is 9.97. The van der Waals surface area contributed by atoms with Gasteiger partial charge in [0, 0.05) is 19.6 Å². The van der Waals surface area contributed by atoms with Gasteiger partial charge < -0.3 is 4.90 Å². The molecule has 1 atom stereocenters. The average Bonchev–Trinajstić information content (AvgIpc) is 2.30. The van der Waals surface area contributed by atoms with Gasteiger partial charge in [-0.1, -0.05) is 6.42 Å². The van der Waals surface area contributed by atoms with Crippen molar-refractivity contribution in [1.29, 1.82) is 0 Å². The standard InChI is InChI=1S/C11H19N2O/c14-10-13-9-5-2-6-11(13)12-7-3-1-4-8-12/h11H,1-9H2. The van der Waals surface area contributed by atoms with Gasteiger partial charge >= 0.3 is 6.41 Å². The second-order valence-corrected chi connectivity index (χ2v) is 4.36. The Hall–Kier alpha value is -0.570. The zero-order valence-electron chi connectivity index (χ0n) is 8.74. The summed E-state index contributed by atoms with van der Waals surface area (Å²) in [6.45, 7) is 3.25. The van der Waals surface area contributed by atoms with Crippen LogP contribution in [0, 0.1) is 0 Å². The van der Waals surface area contributed by atoms with E-state index in [4.69, 9.17) is 0 Å². The van der Waals surface area contributed by atoms with Gasteiger partial charge in [0.1, 0.15) is 0 Å². The topological polar surface area (TPSA) is 23.6 Å². The molecule has 0 aromatic carbocycles. The van der Waals surface area contributed by atoms with E-state index in [9.17, 15) is 4.79 Å². The second kappa shape index (κ2) is 4.78. The maximum atomic E-state index is 10.8. The molecule has 2 fully saturated rings. The van der Waals surface area contributed by atoms with Crippen molar-refractivity contribution in [3.8, 4) is 0 Å². The summed E-state index contributed by atoms with van der Waals surface area (Å²) >= 11 is 0. The van der Waals surface area contributed by atoms with Gasteiger partial charge in [-0.05, 0) is 32.1 Å². The van der Waals surface area contributed by atoms with Crippen LogP contribution >= 0.6 is 0 Å². The number of nitrogens with zero attached hydrogens (tertiary/aromatic N) is 2. The van der Waals surface area contributed by atoms with Crippen molar-refractivity contribution in [2.24, 2.45) is 0 Å². The Morgan fingerprint density at radius 3 is 2.36 bits per heavy atom. The first-order valence-corrected chi connectivity index (χ1v) is 5.80. The van der Waals surface area contributed by atoms with Gasteiger partial charge in [0.15, 0.2) is 0 Å². The first-order valence-electron chi connectivity index (χ1n) is 5.80. The second-order valence-electron chi connectivity index (χ2n) is 4.36. The van der Waals surface area contributed by atoms with Gasteiger partial charge in [0.2, 0.25) is 0 Å². The van der Waals surface area contributed by atoms with Gasteiger partial charge in [0.25, 0.3) is 0 Å². The molecule has 3 heteroatoms. The minimum absolute atomic E-state index is 0.363. The third kappa shape index (κ3) is 2.08. The normalized spacial score (nSPS) is 30.3. The molecule has 79 valence electrons. The van der Waals surface area contributed by atoms with E-state index < -0.39 is 0 Å². The fraction of sp³-hybridized carbons (Fsp3) is 0.909. The molecule has 0 bridgehead atoms. The van der Waals surface area contributed by atoms with E-state index in [1.807, 2.05) is 4.90 Å². The smallest absolute Gasteiger partial charge is 0.313 e. The molecule has 0 aromatic heterocycles. The highest BCUT2D eigenvalue weighted by molar-refractivity contribution is 5.48. The van der Waals surface area contributed by atoms with E-state index in [1.54, 1.807) is 0 Å². The van der Waals surface area contributed by atoms with Crippen LogP contribution in [0.25, 0.3) is 0 Å². The third-order valence-corrected chi connectivity index (χ3v) is 3.40. The Kier molecular flexibility index (Phi) is 3.40. The van der Waals surface area contributed by atoms with E-state index >= 15 is 0 Å². The number of amides is 1. The van der Waals surface area contributed by atoms with Crippen LogP contribution in [-0.2, 0) is 4.79 Å². The van der Waals surface area contributed by atoms with E-state index in [0.29, 0.717) is 6.17 Å². The number of rotatable bonds is 2. The Balaban J connectivity index is 1.94. The summed E-state index contributed by atoms with van der Waals surface area (Å²) in [7, 11) is 0. The first-order chi connectivity index (χ1) is 6.92. The highest BCUT2D eigenvalue weighted by Crippen LogP contribution is 2.22. The van der Waals surface area contributed by atoms with Gasteiger partial charge in [-0.15, -0.1) is 0 Å². The predicted octanol–water partition coefficient (Wildman–Crippen LogP) is 1.35. The highest BCUT2D eigenvalue weighted by Gasteiger charge is 2.28. The minimum Gasteiger partial charge on any atom is -0.319 e. The Labute approximate surface area is 86.1 Å². The number of hydrogen-bond donors (Lipinski definition) is 0. The van der Waals surface area contributed by atoms with Crippen molar-refractivity contribution in [2.75, 3.05) is 19.6 Å². The zero-order chi connectivity index (χ0) is 9.80. The van der Waals surface area contributed by atoms with Crippen LogP contribution in [0.2, 0.25) is 0 Å². The molecule has 2 rings (SSSR count). The molecule has 2 saturated heterocycles. The van der Waals surface area contributed by atoms with Crippen LogP contribution in [0.1, 0.15) is 38.5 Å². The van der Waals surface area contributed by atoms with E-state index in [2.05, 4.69) is 11.3 Å². The van der Waals surface area contributed by atoms with Crippen molar-refractivity contribution in [2.45, 2.75) is 44.7 Å². The summed E-state index contributed by atoms with van der Waals surface area (Å²) < 4.78 is 0. The van der Waals surface area contributed by atoms with E-state index in [1.165, 1.54) is 38.8 Å². The average molecular weight is 195 g/mol. The fourth-order valence-corrected chi connectivity index (χ4v) is 2.62. The molecule has 3 nitrogen and oxygen atoms in total. The van der Waals surface area contributed by atoms with E-state index in [0.717, 1.165) is 19.4 Å². The molecule has 14 heavy (non-hydrogen) atoms.